The lowest BCUT2D eigenvalue weighted by atomic mass is 10.00. The number of oxime groups is 1. The van der Waals surface area contributed by atoms with Crippen molar-refractivity contribution in [3.63, 3.8) is 0 Å². The van der Waals surface area contributed by atoms with Crippen LogP contribution in [0.25, 0.3) is 0 Å². The zero-order valence-corrected chi connectivity index (χ0v) is 18.5. The molecule has 2 unspecified atom stereocenters. The minimum Gasteiger partial charge on any atom is -0.481 e. The molecule has 0 aliphatic carbocycles. The molecule has 0 saturated carbocycles. The normalized spacial score (nSPS) is 14.1. The fourth-order valence-electron chi connectivity index (χ4n) is 2.97. The van der Waals surface area contributed by atoms with E-state index in [9.17, 15) is 9.59 Å². The monoisotopic (exact) mass is 415 g/mol. The summed E-state index contributed by atoms with van der Waals surface area (Å²) in [4.78, 5) is 33.9. The van der Waals surface area contributed by atoms with Crippen LogP contribution >= 0.6 is 0 Å². The van der Waals surface area contributed by atoms with Gasteiger partial charge in [-0.05, 0) is 50.8 Å². The maximum Gasteiger partial charge on any atom is 0.303 e. The highest BCUT2D eigenvalue weighted by Gasteiger charge is 2.17. The van der Waals surface area contributed by atoms with E-state index in [1.807, 2.05) is 58.0 Å². The summed E-state index contributed by atoms with van der Waals surface area (Å²) in [7, 11) is 1.50. The maximum atomic E-state index is 11.9. The number of unbranched alkanes of at least 4 members (excludes halogenated alkanes) is 1. The van der Waals surface area contributed by atoms with Crippen molar-refractivity contribution in [2.24, 2.45) is 10.1 Å². The third-order valence-corrected chi connectivity index (χ3v) is 4.76. The van der Waals surface area contributed by atoms with Crippen molar-refractivity contribution in [1.82, 2.24) is 4.90 Å². The minimum absolute atomic E-state index is 0.0441. The molecule has 30 heavy (non-hydrogen) atoms. The molecule has 164 valence electrons. The van der Waals surface area contributed by atoms with Crippen molar-refractivity contribution in [2.45, 2.75) is 65.3 Å². The first-order chi connectivity index (χ1) is 14.3. The van der Waals surface area contributed by atoms with Crippen LogP contribution in [-0.4, -0.2) is 47.6 Å². The number of allylic oxidation sites excluding steroid dienone is 1. The number of amidine groups is 1. The summed E-state index contributed by atoms with van der Waals surface area (Å²) in [6.07, 6.45) is 8.10. The van der Waals surface area contributed by atoms with Crippen LogP contribution in [0.2, 0.25) is 0 Å². The van der Waals surface area contributed by atoms with E-state index in [1.54, 1.807) is 11.1 Å². The summed E-state index contributed by atoms with van der Waals surface area (Å²) in [6, 6.07) is 5.85. The molecule has 0 heterocycles. The Hall–Kier alpha value is -2.96. The Morgan fingerprint density at radius 2 is 1.97 bits per heavy atom. The molecule has 0 saturated heterocycles. The van der Waals surface area contributed by atoms with Gasteiger partial charge in [0, 0.05) is 18.8 Å². The number of amides is 1. The Kier molecular flexibility index (Phi) is 11.1. The first kappa shape index (κ1) is 25.1. The summed E-state index contributed by atoms with van der Waals surface area (Å²) in [5, 5.41) is 12.7. The van der Waals surface area contributed by atoms with Gasteiger partial charge in [0.05, 0.1) is 17.9 Å². The van der Waals surface area contributed by atoms with Gasteiger partial charge < -0.3 is 9.94 Å². The number of aryl methyl sites for hydroxylation is 1. The largest absolute Gasteiger partial charge is 0.481 e. The summed E-state index contributed by atoms with van der Waals surface area (Å²) in [6.45, 7) is 7.81. The lowest BCUT2D eigenvalue weighted by Gasteiger charge is -2.25. The molecule has 0 aliphatic rings. The van der Waals surface area contributed by atoms with Crippen LogP contribution in [-0.2, 0) is 14.4 Å². The molecule has 0 fully saturated rings. The Morgan fingerprint density at radius 3 is 2.57 bits per heavy atom. The molecule has 1 N–H and O–H groups in total. The molecule has 1 aromatic rings. The average molecular weight is 416 g/mol. The van der Waals surface area contributed by atoms with Gasteiger partial charge in [-0.3, -0.25) is 14.5 Å². The second-order valence-corrected chi connectivity index (χ2v) is 7.18. The second-order valence-electron chi connectivity index (χ2n) is 7.18. The Morgan fingerprint density at radius 1 is 1.27 bits per heavy atom. The first-order valence-electron chi connectivity index (χ1n) is 10.2. The van der Waals surface area contributed by atoms with Gasteiger partial charge in [0.25, 0.3) is 0 Å². The number of carboxylic acids is 1. The predicted molar refractivity (Wildman–Crippen MR) is 120 cm³/mol. The topological polar surface area (TPSA) is 91.6 Å². The highest BCUT2D eigenvalue weighted by atomic mass is 16.6. The third-order valence-electron chi connectivity index (χ3n) is 4.76. The van der Waals surface area contributed by atoms with Crippen molar-refractivity contribution in [2.75, 3.05) is 7.11 Å². The lowest BCUT2D eigenvalue weighted by Crippen LogP contribution is -2.36. The standard InChI is InChI=1S/C23H33N3O4/c1-6-9-19(4)26(16-27)22(10-7-8-11-23(28)29)25-21-14-20(13-12-17(21)2)18(3)15-24-30-5/h6,9,12-16,18-19H,7-8,10-11H2,1-5H3,(H,28,29)/b9-6-,24-15-,25-22?. The van der Waals surface area contributed by atoms with Crippen molar-refractivity contribution >= 4 is 30.1 Å². The highest BCUT2D eigenvalue weighted by molar-refractivity contribution is 5.93. The van der Waals surface area contributed by atoms with Gasteiger partial charge in [-0.15, -0.1) is 0 Å². The second kappa shape index (κ2) is 13.3. The number of carbonyl (C=O) groups is 2. The molecule has 2 atom stereocenters. The number of carbonyl (C=O) groups excluding carboxylic acids is 1. The molecular formula is C23H33N3O4. The van der Waals surface area contributed by atoms with Crippen molar-refractivity contribution in [1.29, 1.82) is 0 Å². The van der Waals surface area contributed by atoms with Gasteiger partial charge in [0.1, 0.15) is 12.9 Å². The number of hydrogen-bond donors (Lipinski definition) is 1. The van der Waals surface area contributed by atoms with Gasteiger partial charge in [-0.1, -0.05) is 36.4 Å². The van der Waals surface area contributed by atoms with Crippen LogP contribution in [0.1, 0.15) is 63.5 Å². The summed E-state index contributed by atoms with van der Waals surface area (Å²) in [5.41, 5.74) is 2.80. The molecule has 7 heteroatoms. The van der Waals surface area contributed by atoms with Gasteiger partial charge >= 0.3 is 5.97 Å². The van der Waals surface area contributed by atoms with Crippen LogP contribution in [0.15, 0.2) is 40.5 Å². The zero-order valence-electron chi connectivity index (χ0n) is 18.5. The summed E-state index contributed by atoms with van der Waals surface area (Å²) < 4.78 is 0. The van der Waals surface area contributed by atoms with E-state index < -0.39 is 5.97 Å². The molecule has 0 bridgehead atoms. The highest BCUT2D eigenvalue weighted by Crippen LogP contribution is 2.26. The smallest absolute Gasteiger partial charge is 0.303 e. The molecule has 7 nitrogen and oxygen atoms in total. The van der Waals surface area contributed by atoms with Crippen LogP contribution < -0.4 is 0 Å². The van der Waals surface area contributed by atoms with Gasteiger partial charge in [-0.2, -0.15) is 0 Å². The summed E-state index contributed by atoms with van der Waals surface area (Å²) in [5.74, 6) is -0.152. The summed E-state index contributed by atoms with van der Waals surface area (Å²) >= 11 is 0. The van der Waals surface area contributed by atoms with Crippen molar-refractivity contribution in [3.8, 4) is 0 Å². The van der Waals surface area contributed by atoms with Crippen LogP contribution in [0.4, 0.5) is 5.69 Å². The molecule has 0 spiro atoms. The number of carboxylic acid groups (broad SMARTS) is 1. The SMILES string of the molecule is C/C=C\C(C)N(C=O)C(CCCCC(=O)O)=Nc1cc(C(C)/C=N\OC)ccc1C. The molecular weight excluding hydrogens is 382 g/mol. The van der Waals surface area contributed by atoms with Gasteiger partial charge in [0.15, 0.2) is 0 Å². The number of nitrogens with zero attached hydrogens (tertiary/aromatic N) is 3. The molecule has 1 rings (SSSR count). The first-order valence-corrected chi connectivity index (χ1v) is 10.2. The van der Waals surface area contributed by atoms with E-state index >= 15 is 0 Å². The third kappa shape index (κ3) is 8.19. The van der Waals surface area contributed by atoms with E-state index in [0.29, 0.717) is 25.1 Å². The predicted octanol–water partition coefficient (Wildman–Crippen LogP) is 4.83. The molecule has 0 radical (unpaired) electrons. The van der Waals surface area contributed by atoms with E-state index in [4.69, 9.17) is 14.9 Å². The Balaban J connectivity index is 3.27. The fraction of sp³-hybridized carbons (Fsp3) is 0.478. The number of aliphatic carboxylic acids is 1. The van der Waals surface area contributed by atoms with Crippen LogP contribution in [0.3, 0.4) is 0 Å². The molecule has 0 aliphatic heterocycles. The van der Waals surface area contributed by atoms with E-state index in [2.05, 4.69) is 5.16 Å². The van der Waals surface area contributed by atoms with Gasteiger partial charge in [-0.25, -0.2) is 4.99 Å². The Bertz CT molecular complexity index is 787. The average Bonchev–Trinajstić information content (AvgIpc) is 2.71. The van der Waals surface area contributed by atoms with E-state index in [1.165, 1.54) is 7.11 Å². The Labute approximate surface area is 179 Å². The number of aliphatic imine (C=N–C) groups is 1. The minimum atomic E-state index is -0.821. The number of hydrogen-bond acceptors (Lipinski definition) is 5. The quantitative estimate of drug-likeness (QED) is 0.132. The van der Waals surface area contributed by atoms with Crippen LogP contribution in [0.5, 0.6) is 0 Å². The van der Waals surface area contributed by atoms with E-state index in [0.717, 1.165) is 23.2 Å². The number of rotatable bonds is 12. The number of benzene rings is 1. The van der Waals surface area contributed by atoms with Gasteiger partial charge in [0.2, 0.25) is 6.41 Å². The van der Waals surface area contributed by atoms with E-state index in [-0.39, 0.29) is 18.4 Å². The molecule has 1 amide bonds. The maximum absolute atomic E-state index is 11.9. The zero-order chi connectivity index (χ0) is 22.5. The van der Waals surface area contributed by atoms with Crippen LogP contribution in [0, 0.1) is 6.92 Å². The fourth-order valence-corrected chi connectivity index (χ4v) is 2.97. The lowest BCUT2D eigenvalue weighted by molar-refractivity contribution is -0.137. The van der Waals surface area contributed by atoms with Crippen molar-refractivity contribution < 1.29 is 19.5 Å². The molecule has 1 aromatic carbocycles. The molecule has 0 aromatic heterocycles. The van der Waals surface area contributed by atoms with Crippen molar-refractivity contribution in [3.05, 3.63) is 41.5 Å².